The number of aliphatic carboxylic acids is 1. The molecule has 0 unspecified atom stereocenters. The van der Waals surface area contributed by atoms with Gasteiger partial charge in [-0.25, -0.2) is 15.0 Å². The maximum atomic E-state index is 11.1. The zero-order valence-electron chi connectivity index (χ0n) is 22.8. The summed E-state index contributed by atoms with van der Waals surface area (Å²) in [6.45, 7) is 7.41. The minimum atomic E-state index is -0.728. The molecule has 40 heavy (non-hydrogen) atoms. The second kappa shape index (κ2) is 12.7. The predicted octanol–water partition coefficient (Wildman–Crippen LogP) is 5.46. The molecule has 4 heterocycles. The van der Waals surface area contributed by atoms with E-state index in [1.807, 2.05) is 24.3 Å². The highest BCUT2D eigenvalue weighted by molar-refractivity contribution is 6.35. The van der Waals surface area contributed by atoms with Crippen LogP contribution < -0.4 is 9.64 Å². The lowest BCUT2D eigenvalue weighted by molar-refractivity contribution is -0.138. The van der Waals surface area contributed by atoms with Crippen molar-refractivity contribution in [3.05, 3.63) is 58.3 Å². The van der Waals surface area contributed by atoms with Gasteiger partial charge in [-0.15, -0.1) is 0 Å². The first-order valence-electron chi connectivity index (χ1n) is 13.6. The van der Waals surface area contributed by atoms with E-state index in [9.17, 15) is 4.79 Å². The van der Waals surface area contributed by atoms with Gasteiger partial charge in [-0.2, -0.15) is 0 Å². The van der Waals surface area contributed by atoms with Crippen molar-refractivity contribution in [1.29, 1.82) is 0 Å². The summed E-state index contributed by atoms with van der Waals surface area (Å²) in [6.07, 6.45) is 5.35. The SMILES string of the molecule is C[C@H]1CN(C)CCN1c1cnc(Oc2cc(CN3CCC(CC(=O)O)CC3)cc(-c3cc(Cl)cc(Cl)c3)n2)cn1. The number of halogens is 2. The molecule has 3 aromatic rings. The number of pyridine rings is 1. The normalized spacial score (nSPS) is 19.1. The zero-order valence-corrected chi connectivity index (χ0v) is 24.3. The Kier molecular flexibility index (Phi) is 9.05. The van der Waals surface area contributed by atoms with Crippen molar-refractivity contribution >= 4 is 35.0 Å². The molecule has 0 spiro atoms. The molecule has 11 heteroatoms. The number of anilines is 1. The first-order valence-corrected chi connectivity index (χ1v) is 14.3. The molecule has 2 saturated heterocycles. The molecule has 0 bridgehead atoms. The van der Waals surface area contributed by atoms with Gasteiger partial charge in [0.2, 0.25) is 11.8 Å². The summed E-state index contributed by atoms with van der Waals surface area (Å²) in [5.41, 5.74) is 2.49. The number of aromatic nitrogens is 3. The summed E-state index contributed by atoms with van der Waals surface area (Å²) in [5.74, 6) is 1.09. The Morgan fingerprint density at radius 1 is 1.00 bits per heavy atom. The minimum Gasteiger partial charge on any atom is -0.481 e. The molecule has 1 N–H and O–H groups in total. The van der Waals surface area contributed by atoms with E-state index in [4.69, 9.17) is 38.0 Å². The van der Waals surface area contributed by atoms with Crippen molar-refractivity contribution in [3.8, 4) is 23.0 Å². The number of hydrogen-bond acceptors (Lipinski definition) is 8. The Labute approximate surface area is 244 Å². The lowest BCUT2D eigenvalue weighted by atomic mass is 9.93. The first-order chi connectivity index (χ1) is 19.2. The number of likely N-dealkylation sites (N-methyl/N-ethyl adjacent to an activating group) is 1. The highest BCUT2D eigenvalue weighted by Gasteiger charge is 2.24. The van der Waals surface area contributed by atoms with Gasteiger partial charge in [0, 0.05) is 60.3 Å². The lowest BCUT2D eigenvalue weighted by Crippen LogP contribution is -2.50. The Balaban J connectivity index is 1.35. The molecule has 2 aromatic heterocycles. The summed E-state index contributed by atoms with van der Waals surface area (Å²) in [4.78, 5) is 31.9. The second-order valence-electron chi connectivity index (χ2n) is 10.8. The van der Waals surface area contributed by atoms with Crippen LogP contribution in [-0.2, 0) is 11.3 Å². The van der Waals surface area contributed by atoms with Crippen LogP contribution in [0.15, 0.2) is 42.7 Å². The van der Waals surface area contributed by atoms with Crippen LogP contribution in [-0.4, -0.2) is 81.6 Å². The fourth-order valence-electron chi connectivity index (χ4n) is 5.50. The molecular weight excluding hydrogens is 551 g/mol. The Hall–Kier alpha value is -2.98. The summed E-state index contributed by atoms with van der Waals surface area (Å²) in [7, 11) is 2.13. The first kappa shape index (κ1) is 28.5. The third kappa shape index (κ3) is 7.40. The fraction of sp³-hybridized carbons (Fsp3) is 0.448. The molecule has 1 aromatic carbocycles. The Morgan fingerprint density at radius 2 is 1.75 bits per heavy atom. The molecule has 5 rings (SSSR count). The van der Waals surface area contributed by atoms with Gasteiger partial charge in [0.05, 0.1) is 18.1 Å². The van der Waals surface area contributed by atoms with Crippen molar-refractivity contribution in [1.82, 2.24) is 24.8 Å². The van der Waals surface area contributed by atoms with E-state index in [1.165, 1.54) is 0 Å². The van der Waals surface area contributed by atoms with Gasteiger partial charge in [-0.1, -0.05) is 23.2 Å². The number of carbonyl (C=O) groups is 1. The van der Waals surface area contributed by atoms with Crippen molar-refractivity contribution in [2.24, 2.45) is 5.92 Å². The molecule has 0 radical (unpaired) electrons. The van der Waals surface area contributed by atoms with Crippen molar-refractivity contribution in [3.63, 3.8) is 0 Å². The largest absolute Gasteiger partial charge is 0.481 e. The van der Waals surface area contributed by atoms with Crippen LogP contribution in [0.1, 0.15) is 31.7 Å². The molecule has 0 amide bonds. The van der Waals surface area contributed by atoms with Crippen molar-refractivity contribution in [2.75, 3.05) is 44.7 Å². The number of carboxylic acids is 1. The number of nitrogens with zero attached hydrogens (tertiary/aromatic N) is 6. The van der Waals surface area contributed by atoms with Gasteiger partial charge < -0.3 is 19.6 Å². The number of piperazine rings is 1. The third-order valence-corrected chi connectivity index (χ3v) is 7.98. The number of benzene rings is 1. The van der Waals surface area contributed by atoms with Gasteiger partial charge in [-0.05, 0) is 75.6 Å². The van der Waals surface area contributed by atoms with Gasteiger partial charge in [-0.3, -0.25) is 9.69 Å². The summed E-state index contributed by atoms with van der Waals surface area (Å²) >= 11 is 12.6. The van der Waals surface area contributed by atoms with Gasteiger partial charge in [0.15, 0.2) is 0 Å². The second-order valence-corrected chi connectivity index (χ2v) is 11.7. The quantitative estimate of drug-likeness (QED) is 0.370. The minimum absolute atomic E-state index is 0.227. The highest BCUT2D eigenvalue weighted by Crippen LogP contribution is 2.31. The average Bonchev–Trinajstić information content (AvgIpc) is 2.89. The van der Waals surface area contributed by atoms with E-state index in [-0.39, 0.29) is 12.3 Å². The van der Waals surface area contributed by atoms with Crippen LogP contribution in [0.25, 0.3) is 11.3 Å². The molecule has 212 valence electrons. The molecule has 2 aliphatic heterocycles. The van der Waals surface area contributed by atoms with Crippen molar-refractivity contribution in [2.45, 2.75) is 38.8 Å². The standard InChI is InChI=1S/C29H34Cl2N6O3/c1-19-17-35(2)7-8-37(19)26-15-33-28(16-32-26)40-27-10-21(18-36-5-3-20(4-6-36)11-29(38)39)9-25(34-27)22-12-23(30)14-24(31)13-22/h9-10,12-16,19-20H,3-8,11,17-18H2,1-2H3,(H,38,39)/t19-/m0/s1. The highest BCUT2D eigenvalue weighted by atomic mass is 35.5. The average molecular weight is 586 g/mol. The van der Waals surface area contributed by atoms with Crippen LogP contribution in [0.4, 0.5) is 5.82 Å². The van der Waals surface area contributed by atoms with E-state index < -0.39 is 5.97 Å². The maximum absolute atomic E-state index is 11.1. The molecule has 0 saturated carbocycles. The van der Waals surface area contributed by atoms with E-state index in [0.29, 0.717) is 40.1 Å². The lowest BCUT2D eigenvalue weighted by Gasteiger charge is -2.38. The monoisotopic (exact) mass is 584 g/mol. The predicted molar refractivity (Wildman–Crippen MR) is 156 cm³/mol. The maximum Gasteiger partial charge on any atom is 0.303 e. The third-order valence-electron chi connectivity index (χ3n) is 7.55. The summed E-state index contributed by atoms with van der Waals surface area (Å²) < 4.78 is 6.12. The topological polar surface area (TPSA) is 94.9 Å². The molecular formula is C29H34Cl2N6O3. The number of hydrogen-bond donors (Lipinski definition) is 1. The van der Waals surface area contributed by atoms with Crippen molar-refractivity contribution < 1.29 is 14.6 Å². The summed E-state index contributed by atoms with van der Waals surface area (Å²) in [5, 5.41) is 10.2. The number of ether oxygens (including phenoxy) is 1. The molecule has 2 aliphatic rings. The Bertz CT molecular complexity index is 1310. The fourth-order valence-corrected chi connectivity index (χ4v) is 6.03. The van der Waals surface area contributed by atoms with E-state index >= 15 is 0 Å². The molecule has 0 aliphatic carbocycles. The van der Waals surface area contributed by atoms with Crippen LogP contribution in [0.5, 0.6) is 11.8 Å². The molecule has 9 nitrogen and oxygen atoms in total. The Morgan fingerprint density at radius 3 is 2.40 bits per heavy atom. The number of carboxylic acid groups (broad SMARTS) is 1. The van der Waals surface area contributed by atoms with Crippen LogP contribution in [0, 0.1) is 5.92 Å². The van der Waals surface area contributed by atoms with E-state index in [2.05, 4.69) is 38.6 Å². The van der Waals surface area contributed by atoms with Gasteiger partial charge in [0.1, 0.15) is 5.82 Å². The smallest absolute Gasteiger partial charge is 0.303 e. The van der Waals surface area contributed by atoms with E-state index in [0.717, 1.165) is 62.5 Å². The van der Waals surface area contributed by atoms with Gasteiger partial charge in [0.25, 0.3) is 0 Å². The molecule has 1 atom stereocenters. The van der Waals surface area contributed by atoms with Gasteiger partial charge >= 0.3 is 5.97 Å². The number of piperidine rings is 1. The number of likely N-dealkylation sites (tertiary alicyclic amines) is 1. The number of rotatable bonds is 8. The van der Waals surface area contributed by atoms with Crippen LogP contribution in [0.2, 0.25) is 10.0 Å². The molecule has 2 fully saturated rings. The summed E-state index contributed by atoms with van der Waals surface area (Å²) in [6, 6.07) is 9.62. The van der Waals surface area contributed by atoms with E-state index in [1.54, 1.807) is 18.5 Å². The van der Waals surface area contributed by atoms with Crippen LogP contribution >= 0.6 is 23.2 Å². The van der Waals surface area contributed by atoms with Crippen LogP contribution in [0.3, 0.4) is 0 Å². The zero-order chi connectivity index (χ0) is 28.2.